The first kappa shape index (κ1) is 32.5. The molecule has 1 aliphatic heterocycles. The molecule has 7 nitrogen and oxygen atoms in total. The topological polar surface area (TPSA) is 76.2 Å². The predicted octanol–water partition coefficient (Wildman–Crippen LogP) is 6.63. The van der Waals surface area contributed by atoms with Gasteiger partial charge in [-0.25, -0.2) is 12.7 Å². The second kappa shape index (κ2) is 13.9. The van der Waals surface area contributed by atoms with Crippen molar-refractivity contribution in [1.82, 2.24) is 9.21 Å². The van der Waals surface area contributed by atoms with E-state index in [0.29, 0.717) is 56.8 Å². The fourth-order valence-corrected chi connectivity index (χ4v) is 8.15. The lowest BCUT2D eigenvalue weighted by Crippen LogP contribution is -2.59. The van der Waals surface area contributed by atoms with E-state index in [2.05, 4.69) is 13.5 Å². The van der Waals surface area contributed by atoms with Gasteiger partial charge in [0.15, 0.2) is 0 Å². The molecule has 230 valence electrons. The third-order valence-corrected chi connectivity index (χ3v) is 11.4. The van der Waals surface area contributed by atoms with Crippen molar-refractivity contribution in [3.63, 3.8) is 0 Å². The number of piperidine rings is 1. The molecule has 2 aromatic rings. The summed E-state index contributed by atoms with van der Waals surface area (Å²) < 4.78 is 39.0. The van der Waals surface area contributed by atoms with Crippen LogP contribution in [0.15, 0.2) is 61.2 Å². The summed E-state index contributed by atoms with van der Waals surface area (Å²) >= 11 is 6.23. The second-order valence-corrected chi connectivity index (χ2v) is 14.7. The maximum absolute atomic E-state index is 14.8. The van der Waals surface area contributed by atoms with Gasteiger partial charge in [0.2, 0.25) is 15.9 Å². The maximum atomic E-state index is 14.8. The largest absolute Gasteiger partial charge is 0.497 e. The summed E-state index contributed by atoms with van der Waals surface area (Å²) in [7, 11) is -0.0940. The van der Waals surface area contributed by atoms with Gasteiger partial charge in [0, 0.05) is 31.3 Å². The molecule has 0 N–H and O–H groups in total. The predicted molar refractivity (Wildman–Crippen MR) is 168 cm³/mol. The van der Waals surface area contributed by atoms with Gasteiger partial charge in [-0.05, 0) is 79.8 Å². The van der Waals surface area contributed by atoms with Crippen molar-refractivity contribution >= 4 is 27.5 Å². The Hall–Kier alpha value is -2.39. The lowest BCUT2D eigenvalue weighted by Gasteiger charge is -2.52. The Morgan fingerprint density at radius 3 is 2.40 bits per heavy atom. The summed E-state index contributed by atoms with van der Waals surface area (Å²) in [5, 5.41) is 0.336. The minimum absolute atomic E-state index is 0.0394. The Labute approximate surface area is 256 Å². The molecule has 0 aromatic heterocycles. The van der Waals surface area contributed by atoms with Crippen LogP contribution in [0.4, 0.5) is 0 Å². The van der Waals surface area contributed by atoms with Crippen LogP contribution in [0.3, 0.4) is 0 Å². The number of halogens is 1. The van der Waals surface area contributed by atoms with Gasteiger partial charge in [-0.15, -0.1) is 6.58 Å². The Morgan fingerprint density at radius 2 is 1.83 bits per heavy atom. The van der Waals surface area contributed by atoms with Crippen LogP contribution in [0.2, 0.25) is 5.02 Å². The highest BCUT2D eigenvalue weighted by Gasteiger charge is 2.52. The van der Waals surface area contributed by atoms with E-state index >= 15 is 0 Å². The molecule has 0 radical (unpaired) electrons. The minimum atomic E-state index is -3.38. The number of likely N-dealkylation sites (N-methyl/N-ethyl adjacent to an activating group) is 1. The molecule has 2 aromatic carbocycles. The van der Waals surface area contributed by atoms with Crippen molar-refractivity contribution in [1.29, 1.82) is 0 Å². The van der Waals surface area contributed by atoms with Gasteiger partial charge in [0.25, 0.3) is 0 Å². The zero-order chi connectivity index (χ0) is 30.5. The summed E-state index contributed by atoms with van der Waals surface area (Å²) in [6.45, 7) is 9.35. The van der Waals surface area contributed by atoms with E-state index in [9.17, 15) is 13.2 Å². The van der Waals surface area contributed by atoms with Crippen molar-refractivity contribution in [3.8, 4) is 5.75 Å². The lowest BCUT2D eigenvalue weighted by molar-refractivity contribution is -0.160. The lowest BCUT2D eigenvalue weighted by atomic mass is 9.67. The number of allylic oxidation sites excluding steroid dienone is 1. The Balaban J connectivity index is 1.61. The van der Waals surface area contributed by atoms with Crippen LogP contribution >= 0.6 is 11.6 Å². The SMILES string of the molecule is C=CC[C@]1(CCOCc2ccc(OC)cc2)C[C@H](C)[C@@H](c2ccc(Cl)cc2)N([C@@H](CC)CN(C)S(=O)(=O)C2CC2)C1=O. The molecule has 1 amide bonds. The second-order valence-electron chi connectivity index (χ2n) is 11.9. The fraction of sp³-hybridized carbons (Fsp3) is 0.545. The van der Waals surface area contributed by atoms with Crippen LogP contribution in [0.5, 0.6) is 5.75 Å². The zero-order valence-corrected chi connectivity index (χ0v) is 26.9. The van der Waals surface area contributed by atoms with Crippen LogP contribution in [0, 0.1) is 11.3 Å². The van der Waals surface area contributed by atoms with Crippen LogP contribution in [-0.4, -0.2) is 62.1 Å². The van der Waals surface area contributed by atoms with E-state index in [-0.39, 0.29) is 35.7 Å². The van der Waals surface area contributed by atoms with E-state index < -0.39 is 15.4 Å². The summed E-state index contributed by atoms with van der Waals surface area (Å²) in [5.41, 5.74) is 1.35. The molecule has 2 aliphatic rings. The highest BCUT2D eigenvalue weighted by atomic mass is 35.5. The number of hydrogen-bond donors (Lipinski definition) is 0. The number of rotatable bonds is 15. The van der Waals surface area contributed by atoms with E-state index in [1.165, 1.54) is 4.31 Å². The van der Waals surface area contributed by atoms with E-state index in [0.717, 1.165) is 16.9 Å². The van der Waals surface area contributed by atoms with Crippen LogP contribution in [0.1, 0.15) is 69.5 Å². The fourth-order valence-electron chi connectivity index (χ4n) is 6.40. The number of amides is 1. The number of benzene rings is 2. The molecule has 1 aliphatic carbocycles. The van der Waals surface area contributed by atoms with Crippen molar-refractivity contribution in [2.45, 2.75) is 76.3 Å². The number of likely N-dealkylation sites (tertiary alicyclic amines) is 1. The summed E-state index contributed by atoms with van der Waals surface area (Å²) in [4.78, 5) is 16.8. The van der Waals surface area contributed by atoms with Gasteiger partial charge in [-0.2, -0.15) is 0 Å². The summed E-state index contributed by atoms with van der Waals surface area (Å²) in [6.07, 6.45) is 5.63. The number of carbonyl (C=O) groups excluding carboxylic acids is 1. The third-order valence-electron chi connectivity index (χ3n) is 8.85. The number of methoxy groups -OCH3 is 1. The number of hydrogen-bond acceptors (Lipinski definition) is 5. The van der Waals surface area contributed by atoms with Crippen LogP contribution < -0.4 is 4.74 Å². The molecular weight excluding hydrogens is 572 g/mol. The molecule has 0 bridgehead atoms. The summed E-state index contributed by atoms with van der Waals surface area (Å²) in [5.74, 6) is 0.948. The third kappa shape index (κ3) is 7.21. The van der Waals surface area contributed by atoms with Gasteiger partial charge in [-0.1, -0.05) is 55.8 Å². The highest BCUT2D eigenvalue weighted by molar-refractivity contribution is 7.90. The van der Waals surface area contributed by atoms with Gasteiger partial charge in [-0.3, -0.25) is 4.79 Å². The molecule has 4 atom stereocenters. The zero-order valence-electron chi connectivity index (χ0n) is 25.3. The smallest absolute Gasteiger partial charge is 0.230 e. The molecular formula is C33H45ClN2O5S. The average Bonchev–Trinajstić information content (AvgIpc) is 3.83. The molecule has 2 fully saturated rings. The van der Waals surface area contributed by atoms with Crippen LogP contribution in [0.25, 0.3) is 0 Å². The van der Waals surface area contributed by atoms with Crippen molar-refractivity contribution in [2.75, 3.05) is 27.3 Å². The van der Waals surface area contributed by atoms with Crippen molar-refractivity contribution < 1.29 is 22.7 Å². The molecule has 1 saturated carbocycles. The first-order valence-corrected chi connectivity index (χ1v) is 16.8. The van der Waals surface area contributed by atoms with Gasteiger partial charge in [0.05, 0.1) is 30.4 Å². The monoisotopic (exact) mass is 616 g/mol. The molecule has 0 unspecified atom stereocenters. The van der Waals surface area contributed by atoms with Crippen LogP contribution in [-0.2, 0) is 26.2 Å². The first-order valence-electron chi connectivity index (χ1n) is 14.9. The Morgan fingerprint density at radius 1 is 1.17 bits per heavy atom. The van der Waals surface area contributed by atoms with E-state index in [4.69, 9.17) is 21.1 Å². The summed E-state index contributed by atoms with van der Waals surface area (Å²) in [6, 6.07) is 15.0. The number of nitrogens with zero attached hydrogens (tertiary/aromatic N) is 2. The quantitative estimate of drug-likeness (QED) is 0.166. The first-order chi connectivity index (χ1) is 20.1. The van der Waals surface area contributed by atoms with E-state index in [1.807, 2.05) is 66.4 Å². The normalized spacial score (nSPS) is 23.7. The van der Waals surface area contributed by atoms with Crippen molar-refractivity contribution in [3.05, 3.63) is 77.3 Å². The molecule has 42 heavy (non-hydrogen) atoms. The number of sulfonamides is 1. The molecule has 4 rings (SSSR count). The van der Waals surface area contributed by atoms with Crippen molar-refractivity contribution in [2.24, 2.45) is 11.3 Å². The Kier molecular flexibility index (Phi) is 10.8. The molecule has 9 heteroatoms. The molecule has 1 heterocycles. The molecule has 1 saturated heterocycles. The maximum Gasteiger partial charge on any atom is 0.230 e. The van der Waals surface area contributed by atoms with Gasteiger partial charge < -0.3 is 14.4 Å². The highest BCUT2D eigenvalue weighted by Crippen LogP contribution is 2.50. The van der Waals surface area contributed by atoms with Gasteiger partial charge in [0.1, 0.15) is 5.75 Å². The standard InChI is InChI=1S/C33H45ClN2O5S/c1-6-18-33(19-20-41-23-25-8-14-29(40-5)15-9-25)21-24(3)31(26-10-12-27(34)13-11-26)36(32(33)37)28(7-2)22-35(4)42(38,39)30-16-17-30/h6,8-15,24,28,30-31H,1,7,16-23H2,2-5H3/t24-,28-,31-,33-/m0/s1. The average molecular weight is 617 g/mol. The number of carbonyl (C=O) groups is 1. The number of ether oxygens (including phenoxy) is 2. The van der Waals surface area contributed by atoms with E-state index in [1.54, 1.807) is 14.2 Å². The minimum Gasteiger partial charge on any atom is -0.497 e. The Bertz CT molecular complexity index is 1310. The molecule has 0 spiro atoms. The van der Waals surface area contributed by atoms with Gasteiger partial charge >= 0.3 is 0 Å².